The lowest BCUT2D eigenvalue weighted by atomic mass is 10.1. The monoisotopic (exact) mass is 271 g/mol. The van der Waals surface area contributed by atoms with E-state index in [0.29, 0.717) is 17.1 Å². The molecule has 0 spiro atoms. The largest absolute Gasteiger partial charge is 0.464 e. The summed E-state index contributed by atoms with van der Waals surface area (Å²) >= 11 is 0. The summed E-state index contributed by atoms with van der Waals surface area (Å²) in [4.78, 5) is 11.5. The molecular formula is C15H13NO4. The van der Waals surface area contributed by atoms with Crippen molar-refractivity contribution >= 4 is 11.7 Å². The molecule has 1 N–H and O–H groups in total. The zero-order valence-corrected chi connectivity index (χ0v) is 10.8. The van der Waals surface area contributed by atoms with Gasteiger partial charge in [-0.1, -0.05) is 35.5 Å². The zero-order chi connectivity index (χ0) is 14.4. The van der Waals surface area contributed by atoms with Gasteiger partial charge in [-0.2, -0.15) is 0 Å². The summed E-state index contributed by atoms with van der Waals surface area (Å²) in [5.74, 6) is 0.480. The van der Waals surface area contributed by atoms with Crippen LogP contribution in [-0.4, -0.2) is 24.0 Å². The second kappa shape index (κ2) is 6.38. The molecule has 0 aromatic heterocycles. The van der Waals surface area contributed by atoms with Gasteiger partial charge in [-0.15, -0.1) is 0 Å². The van der Waals surface area contributed by atoms with Crippen LogP contribution in [0, 0.1) is 0 Å². The number of para-hydroxylation sites is 1. The van der Waals surface area contributed by atoms with E-state index in [1.165, 1.54) is 7.11 Å². The highest BCUT2D eigenvalue weighted by atomic mass is 16.5. The summed E-state index contributed by atoms with van der Waals surface area (Å²) in [7, 11) is 1.22. The maximum atomic E-state index is 11.5. The number of nitrogens with zero attached hydrogens (tertiary/aromatic N) is 1. The van der Waals surface area contributed by atoms with Crippen molar-refractivity contribution in [1.29, 1.82) is 0 Å². The minimum absolute atomic E-state index is 0.175. The molecule has 0 heterocycles. The third kappa shape index (κ3) is 3.14. The van der Waals surface area contributed by atoms with Crippen molar-refractivity contribution < 1.29 is 19.5 Å². The summed E-state index contributed by atoms with van der Waals surface area (Å²) in [6, 6.07) is 15.9. The minimum Gasteiger partial charge on any atom is -0.464 e. The fraction of sp³-hybridized carbons (Fsp3) is 0.0667. The van der Waals surface area contributed by atoms with Crippen molar-refractivity contribution in [1.82, 2.24) is 0 Å². The Hall–Kier alpha value is -2.82. The van der Waals surface area contributed by atoms with E-state index in [0.717, 1.165) is 0 Å². The molecule has 0 saturated carbocycles. The van der Waals surface area contributed by atoms with E-state index in [2.05, 4.69) is 9.89 Å². The van der Waals surface area contributed by atoms with Gasteiger partial charge in [0.15, 0.2) is 5.71 Å². The van der Waals surface area contributed by atoms with Gasteiger partial charge < -0.3 is 14.7 Å². The molecule has 0 saturated heterocycles. The van der Waals surface area contributed by atoms with Gasteiger partial charge in [0.25, 0.3) is 0 Å². The van der Waals surface area contributed by atoms with Gasteiger partial charge in [-0.3, -0.25) is 0 Å². The Labute approximate surface area is 116 Å². The predicted molar refractivity (Wildman–Crippen MR) is 73.3 cm³/mol. The molecular weight excluding hydrogens is 258 g/mol. The molecule has 5 nitrogen and oxygen atoms in total. The Kier molecular flexibility index (Phi) is 4.34. The molecule has 0 aliphatic rings. The molecule has 102 valence electrons. The van der Waals surface area contributed by atoms with E-state index in [1.807, 2.05) is 30.3 Å². The standard InChI is InChI=1S/C15H13NO4/c1-19-15(17)14(16-18)11-6-5-9-13(10-11)20-12-7-3-2-4-8-12/h2-10,18H,1H3. The van der Waals surface area contributed by atoms with Crippen molar-refractivity contribution in [2.75, 3.05) is 7.11 Å². The van der Waals surface area contributed by atoms with Crippen LogP contribution < -0.4 is 4.74 Å². The molecule has 2 aromatic carbocycles. The quantitative estimate of drug-likeness (QED) is 0.402. The first-order valence-corrected chi connectivity index (χ1v) is 5.88. The lowest BCUT2D eigenvalue weighted by Gasteiger charge is -2.07. The van der Waals surface area contributed by atoms with Gasteiger partial charge >= 0.3 is 5.97 Å². The summed E-state index contributed by atoms with van der Waals surface area (Å²) in [5, 5.41) is 11.9. The molecule has 2 rings (SSSR count). The lowest BCUT2D eigenvalue weighted by Crippen LogP contribution is -2.17. The van der Waals surface area contributed by atoms with Crippen LogP contribution in [0.3, 0.4) is 0 Å². The Morgan fingerprint density at radius 2 is 1.75 bits per heavy atom. The molecule has 0 amide bonds. The smallest absolute Gasteiger partial charge is 0.360 e. The SMILES string of the molecule is COC(=O)C(=NO)c1cccc(Oc2ccccc2)c1. The van der Waals surface area contributed by atoms with Crippen molar-refractivity contribution in [2.45, 2.75) is 0 Å². The Morgan fingerprint density at radius 1 is 1.05 bits per heavy atom. The molecule has 5 heteroatoms. The zero-order valence-electron chi connectivity index (χ0n) is 10.8. The maximum absolute atomic E-state index is 11.5. The molecule has 0 aliphatic carbocycles. The Bertz CT molecular complexity index is 623. The highest BCUT2D eigenvalue weighted by Gasteiger charge is 2.15. The van der Waals surface area contributed by atoms with E-state index in [1.54, 1.807) is 24.3 Å². The number of carbonyl (C=O) groups is 1. The van der Waals surface area contributed by atoms with Crippen molar-refractivity contribution in [2.24, 2.45) is 5.16 Å². The van der Waals surface area contributed by atoms with Crippen LogP contribution in [0.15, 0.2) is 59.8 Å². The van der Waals surface area contributed by atoms with Crippen LogP contribution in [0.25, 0.3) is 0 Å². The normalized spacial score (nSPS) is 10.9. The molecule has 0 aliphatic heterocycles. The van der Waals surface area contributed by atoms with E-state index in [9.17, 15) is 4.79 Å². The number of ether oxygens (including phenoxy) is 2. The summed E-state index contributed by atoms with van der Waals surface area (Å²) in [6.45, 7) is 0. The van der Waals surface area contributed by atoms with Crippen LogP contribution in [0.4, 0.5) is 0 Å². The number of carbonyl (C=O) groups excluding carboxylic acids is 1. The van der Waals surface area contributed by atoms with Crippen LogP contribution in [0.1, 0.15) is 5.56 Å². The van der Waals surface area contributed by atoms with Crippen LogP contribution in [0.5, 0.6) is 11.5 Å². The number of benzene rings is 2. The highest BCUT2D eigenvalue weighted by molar-refractivity contribution is 6.43. The number of methoxy groups -OCH3 is 1. The highest BCUT2D eigenvalue weighted by Crippen LogP contribution is 2.22. The van der Waals surface area contributed by atoms with Crippen LogP contribution in [-0.2, 0) is 9.53 Å². The second-order valence-electron chi connectivity index (χ2n) is 3.88. The van der Waals surface area contributed by atoms with Crippen molar-refractivity contribution in [3.8, 4) is 11.5 Å². The lowest BCUT2D eigenvalue weighted by molar-refractivity contribution is -0.132. The predicted octanol–water partition coefficient (Wildman–Crippen LogP) is 2.83. The van der Waals surface area contributed by atoms with Gasteiger partial charge in [-0.25, -0.2) is 4.79 Å². The number of hydrogen-bond acceptors (Lipinski definition) is 5. The first kappa shape index (κ1) is 13.6. The summed E-state index contributed by atoms with van der Waals surface area (Å²) < 4.78 is 10.2. The van der Waals surface area contributed by atoms with E-state index < -0.39 is 5.97 Å². The third-order valence-electron chi connectivity index (χ3n) is 2.57. The van der Waals surface area contributed by atoms with Crippen LogP contribution >= 0.6 is 0 Å². The number of rotatable bonds is 4. The average Bonchev–Trinajstić information content (AvgIpc) is 2.49. The van der Waals surface area contributed by atoms with Crippen molar-refractivity contribution in [3.05, 3.63) is 60.2 Å². The van der Waals surface area contributed by atoms with E-state index >= 15 is 0 Å². The van der Waals surface area contributed by atoms with Crippen molar-refractivity contribution in [3.63, 3.8) is 0 Å². The van der Waals surface area contributed by atoms with E-state index in [-0.39, 0.29) is 5.71 Å². The molecule has 20 heavy (non-hydrogen) atoms. The first-order valence-electron chi connectivity index (χ1n) is 5.88. The van der Waals surface area contributed by atoms with Gasteiger partial charge in [0.2, 0.25) is 0 Å². The van der Waals surface area contributed by atoms with Gasteiger partial charge in [0, 0.05) is 5.56 Å². The molecule has 0 fully saturated rings. The van der Waals surface area contributed by atoms with Gasteiger partial charge in [0.1, 0.15) is 11.5 Å². The van der Waals surface area contributed by atoms with Crippen LogP contribution in [0.2, 0.25) is 0 Å². The Morgan fingerprint density at radius 3 is 2.40 bits per heavy atom. The number of esters is 1. The van der Waals surface area contributed by atoms with Gasteiger partial charge in [0.05, 0.1) is 7.11 Å². The third-order valence-corrected chi connectivity index (χ3v) is 2.57. The average molecular weight is 271 g/mol. The fourth-order valence-electron chi connectivity index (χ4n) is 1.64. The maximum Gasteiger partial charge on any atom is 0.360 e. The fourth-order valence-corrected chi connectivity index (χ4v) is 1.64. The molecule has 0 radical (unpaired) electrons. The van der Waals surface area contributed by atoms with E-state index in [4.69, 9.17) is 9.94 Å². The first-order chi connectivity index (χ1) is 9.74. The summed E-state index contributed by atoms with van der Waals surface area (Å²) in [5.41, 5.74) is 0.235. The molecule has 0 bridgehead atoms. The summed E-state index contributed by atoms with van der Waals surface area (Å²) in [6.07, 6.45) is 0. The van der Waals surface area contributed by atoms with Gasteiger partial charge in [-0.05, 0) is 24.3 Å². The number of oxime groups is 1. The molecule has 0 atom stereocenters. The topological polar surface area (TPSA) is 68.1 Å². The Balaban J connectivity index is 2.26. The minimum atomic E-state index is -0.718. The number of hydrogen-bond donors (Lipinski definition) is 1. The molecule has 0 unspecified atom stereocenters. The molecule has 2 aromatic rings. The second-order valence-corrected chi connectivity index (χ2v) is 3.88.